The Morgan fingerprint density at radius 1 is 1.13 bits per heavy atom. The molecule has 1 heterocycles. The number of hydrogen-bond acceptors (Lipinski definition) is 2. The first-order valence-corrected chi connectivity index (χ1v) is 6.66. The molecule has 0 aromatic rings. The molecule has 2 N–H and O–H groups in total. The Hall–Kier alpha value is -0.0800. The lowest BCUT2D eigenvalue weighted by Gasteiger charge is -2.42. The smallest absolute Gasteiger partial charge is 0.0194 e. The van der Waals surface area contributed by atoms with Gasteiger partial charge in [-0.1, -0.05) is 26.7 Å². The van der Waals surface area contributed by atoms with Gasteiger partial charge >= 0.3 is 0 Å². The normalized spacial score (nSPS) is 44.2. The molecule has 1 saturated heterocycles. The molecule has 0 aromatic carbocycles. The van der Waals surface area contributed by atoms with Crippen LogP contribution in [-0.4, -0.2) is 30.1 Å². The van der Waals surface area contributed by atoms with Gasteiger partial charge in [0.1, 0.15) is 0 Å². The lowest BCUT2D eigenvalue weighted by Crippen LogP contribution is -2.52. The van der Waals surface area contributed by atoms with Gasteiger partial charge in [0.15, 0.2) is 0 Å². The zero-order chi connectivity index (χ0) is 10.8. The molecule has 0 bridgehead atoms. The van der Waals surface area contributed by atoms with E-state index in [4.69, 9.17) is 5.73 Å². The largest absolute Gasteiger partial charge is 0.326 e. The second kappa shape index (κ2) is 4.84. The van der Waals surface area contributed by atoms with E-state index >= 15 is 0 Å². The Labute approximate surface area is 94.2 Å². The third-order valence-electron chi connectivity index (χ3n) is 4.47. The summed E-state index contributed by atoms with van der Waals surface area (Å²) in [7, 11) is 0. The number of likely N-dealkylation sites (tertiary alicyclic amines) is 1. The lowest BCUT2D eigenvalue weighted by molar-refractivity contribution is 0.0842. The van der Waals surface area contributed by atoms with Crippen molar-refractivity contribution in [1.82, 2.24) is 4.90 Å². The van der Waals surface area contributed by atoms with Crippen LogP contribution in [0.2, 0.25) is 0 Å². The first-order valence-electron chi connectivity index (χ1n) is 6.66. The first-order chi connectivity index (χ1) is 7.16. The van der Waals surface area contributed by atoms with E-state index in [-0.39, 0.29) is 0 Å². The third kappa shape index (κ3) is 2.73. The van der Waals surface area contributed by atoms with Crippen molar-refractivity contribution in [1.29, 1.82) is 0 Å². The molecule has 2 aliphatic rings. The Kier molecular flexibility index (Phi) is 3.68. The van der Waals surface area contributed by atoms with Gasteiger partial charge in [0.25, 0.3) is 0 Å². The van der Waals surface area contributed by atoms with Gasteiger partial charge in [0.2, 0.25) is 0 Å². The average Bonchev–Trinajstić information content (AvgIpc) is 2.22. The average molecular weight is 210 g/mol. The van der Waals surface area contributed by atoms with Crippen LogP contribution >= 0.6 is 0 Å². The molecule has 4 atom stereocenters. The van der Waals surface area contributed by atoms with Crippen molar-refractivity contribution in [2.24, 2.45) is 17.6 Å². The fourth-order valence-electron chi connectivity index (χ4n) is 3.19. The maximum absolute atomic E-state index is 6.17. The summed E-state index contributed by atoms with van der Waals surface area (Å²) in [5.74, 6) is 1.65. The molecule has 15 heavy (non-hydrogen) atoms. The SMILES string of the molecule is CC1CCCC(N2CCC(C)C(N)C2)C1. The predicted molar refractivity (Wildman–Crippen MR) is 64.7 cm³/mol. The van der Waals surface area contributed by atoms with Gasteiger partial charge in [-0.2, -0.15) is 0 Å². The molecule has 0 spiro atoms. The molecule has 88 valence electrons. The number of rotatable bonds is 1. The fourth-order valence-corrected chi connectivity index (χ4v) is 3.19. The van der Waals surface area contributed by atoms with Gasteiger partial charge in [-0.15, -0.1) is 0 Å². The first kappa shape index (κ1) is 11.4. The number of hydrogen-bond donors (Lipinski definition) is 1. The van der Waals surface area contributed by atoms with Crippen LogP contribution in [0.3, 0.4) is 0 Å². The van der Waals surface area contributed by atoms with Gasteiger partial charge in [0, 0.05) is 18.6 Å². The van der Waals surface area contributed by atoms with Crippen LogP contribution in [0.4, 0.5) is 0 Å². The van der Waals surface area contributed by atoms with E-state index in [1.54, 1.807) is 0 Å². The summed E-state index contributed by atoms with van der Waals surface area (Å²) in [6.45, 7) is 7.12. The summed E-state index contributed by atoms with van der Waals surface area (Å²) in [5.41, 5.74) is 6.17. The number of piperidine rings is 1. The molecular weight excluding hydrogens is 184 g/mol. The Morgan fingerprint density at radius 3 is 2.60 bits per heavy atom. The van der Waals surface area contributed by atoms with Crippen molar-refractivity contribution in [3.63, 3.8) is 0 Å². The zero-order valence-corrected chi connectivity index (χ0v) is 10.3. The molecule has 2 heteroatoms. The van der Waals surface area contributed by atoms with Crippen LogP contribution in [0.5, 0.6) is 0 Å². The minimum atomic E-state index is 0.413. The van der Waals surface area contributed by atoms with Crippen LogP contribution in [0, 0.1) is 11.8 Å². The van der Waals surface area contributed by atoms with Gasteiger partial charge < -0.3 is 5.73 Å². The molecular formula is C13H26N2. The van der Waals surface area contributed by atoms with E-state index in [0.717, 1.165) is 24.4 Å². The van der Waals surface area contributed by atoms with Gasteiger partial charge in [-0.05, 0) is 37.6 Å². The summed E-state index contributed by atoms with van der Waals surface area (Å²) >= 11 is 0. The van der Waals surface area contributed by atoms with Crippen molar-refractivity contribution in [2.75, 3.05) is 13.1 Å². The molecule has 1 aliphatic carbocycles. The monoisotopic (exact) mass is 210 g/mol. The lowest BCUT2D eigenvalue weighted by atomic mass is 9.84. The Balaban J connectivity index is 1.87. The van der Waals surface area contributed by atoms with Crippen LogP contribution in [0.15, 0.2) is 0 Å². The number of nitrogens with two attached hydrogens (primary N) is 1. The van der Waals surface area contributed by atoms with Gasteiger partial charge in [0.05, 0.1) is 0 Å². The molecule has 1 aliphatic heterocycles. The second-order valence-corrected chi connectivity index (χ2v) is 5.85. The van der Waals surface area contributed by atoms with E-state index in [1.165, 1.54) is 38.6 Å². The minimum Gasteiger partial charge on any atom is -0.326 e. The second-order valence-electron chi connectivity index (χ2n) is 5.85. The third-order valence-corrected chi connectivity index (χ3v) is 4.47. The summed E-state index contributed by atoms with van der Waals surface area (Å²) in [6.07, 6.45) is 6.97. The van der Waals surface area contributed by atoms with Crippen molar-refractivity contribution in [3.05, 3.63) is 0 Å². The van der Waals surface area contributed by atoms with E-state index in [2.05, 4.69) is 18.7 Å². The standard InChI is InChI=1S/C13H26N2/c1-10-4-3-5-12(8-10)15-7-6-11(2)13(14)9-15/h10-13H,3-9,14H2,1-2H3. The topological polar surface area (TPSA) is 29.3 Å². The highest BCUT2D eigenvalue weighted by Gasteiger charge is 2.30. The molecule has 0 amide bonds. The van der Waals surface area contributed by atoms with Crippen molar-refractivity contribution < 1.29 is 0 Å². The molecule has 2 fully saturated rings. The van der Waals surface area contributed by atoms with E-state index in [0.29, 0.717) is 6.04 Å². The molecule has 2 rings (SSSR count). The minimum absolute atomic E-state index is 0.413. The summed E-state index contributed by atoms with van der Waals surface area (Å²) in [6, 6.07) is 1.25. The van der Waals surface area contributed by atoms with Crippen LogP contribution in [-0.2, 0) is 0 Å². The molecule has 4 unspecified atom stereocenters. The Morgan fingerprint density at radius 2 is 1.93 bits per heavy atom. The highest BCUT2D eigenvalue weighted by molar-refractivity contribution is 4.86. The molecule has 0 aromatic heterocycles. The van der Waals surface area contributed by atoms with Crippen LogP contribution in [0.1, 0.15) is 46.0 Å². The van der Waals surface area contributed by atoms with Crippen LogP contribution in [0.25, 0.3) is 0 Å². The van der Waals surface area contributed by atoms with E-state index < -0.39 is 0 Å². The zero-order valence-electron chi connectivity index (χ0n) is 10.3. The Bertz CT molecular complexity index is 205. The quantitative estimate of drug-likeness (QED) is 0.719. The predicted octanol–water partition coefficient (Wildman–Crippen LogP) is 2.23. The number of nitrogens with zero attached hydrogens (tertiary/aromatic N) is 1. The molecule has 1 saturated carbocycles. The molecule has 2 nitrogen and oxygen atoms in total. The summed E-state index contributed by atoms with van der Waals surface area (Å²) < 4.78 is 0. The van der Waals surface area contributed by atoms with Gasteiger partial charge in [-0.25, -0.2) is 0 Å². The van der Waals surface area contributed by atoms with Crippen molar-refractivity contribution in [2.45, 2.75) is 58.0 Å². The highest BCUT2D eigenvalue weighted by atomic mass is 15.2. The van der Waals surface area contributed by atoms with Crippen molar-refractivity contribution in [3.8, 4) is 0 Å². The highest BCUT2D eigenvalue weighted by Crippen LogP contribution is 2.29. The maximum Gasteiger partial charge on any atom is 0.0194 e. The summed E-state index contributed by atoms with van der Waals surface area (Å²) in [5, 5.41) is 0. The van der Waals surface area contributed by atoms with E-state index in [1.807, 2.05) is 0 Å². The van der Waals surface area contributed by atoms with Gasteiger partial charge in [-0.3, -0.25) is 4.90 Å². The van der Waals surface area contributed by atoms with E-state index in [9.17, 15) is 0 Å². The molecule has 0 radical (unpaired) electrons. The maximum atomic E-state index is 6.17. The summed E-state index contributed by atoms with van der Waals surface area (Å²) in [4.78, 5) is 2.67. The van der Waals surface area contributed by atoms with Crippen LogP contribution < -0.4 is 5.73 Å². The van der Waals surface area contributed by atoms with Crippen molar-refractivity contribution >= 4 is 0 Å². The fraction of sp³-hybridized carbons (Fsp3) is 1.00.